The first-order valence-electron chi connectivity index (χ1n) is 5.44. The summed E-state index contributed by atoms with van der Waals surface area (Å²) in [6.07, 6.45) is -0.214. The number of carbonyl (C=O) groups excluding carboxylic acids is 1. The first-order valence-corrected chi connectivity index (χ1v) is 5.44. The molecule has 1 aromatic carbocycles. The summed E-state index contributed by atoms with van der Waals surface area (Å²) in [7, 11) is 0. The van der Waals surface area contributed by atoms with Crippen molar-refractivity contribution in [1.82, 2.24) is 0 Å². The van der Waals surface area contributed by atoms with Crippen molar-refractivity contribution in [3.8, 4) is 6.07 Å². The van der Waals surface area contributed by atoms with Gasteiger partial charge in [0.2, 0.25) is 0 Å². The van der Waals surface area contributed by atoms with E-state index in [4.69, 9.17) is 10.00 Å². The monoisotopic (exact) mass is 253 g/mol. The highest BCUT2D eigenvalue weighted by molar-refractivity contribution is 5.83. The van der Waals surface area contributed by atoms with Crippen LogP contribution in [-0.4, -0.2) is 12.6 Å². The zero-order valence-electron chi connectivity index (χ0n) is 10.2. The van der Waals surface area contributed by atoms with Crippen LogP contribution < -0.4 is 0 Å². The smallest absolute Gasteiger partial charge is 0.317 e. The van der Waals surface area contributed by atoms with Gasteiger partial charge in [-0.25, -0.2) is 8.78 Å². The molecule has 18 heavy (non-hydrogen) atoms. The Morgan fingerprint density at radius 3 is 2.39 bits per heavy atom. The maximum Gasteiger partial charge on any atom is 0.317 e. The maximum absolute atomic E-state index is 13.2. The van der Waals surface area contributed by atoms with Crippen LogP contribution in [0, 0.1) is 23.0 Å². The molecule has 0 aliphatic heterocycles. The van der Waals surface area contributed by atoms with E-state index in [0.717, 1.165) is 12.1 Å². The van der Waals surface area contributed by atoms with Gasteiger partial charge in [-0.3, -0.25) is 4.79 Å². The van der Waals surface area contributed by atoms with Crippen LogP contribution in [-0.2, 0) is 14.9 Å². The van der Waals surface area contributed by atoms with Gasteiger partial charge in [-0.15, -0.1) is 0 Å². The summed E-state index contributed by atoms with van der Waals surface area (Å²) in [5.41, 5.74) is -1.27. The van der Waals surface area contributed by atoms with E-state index in [9.17, 15) is 13.6 Å². The quantitative estimate of drug-likeness (QED) is 0.775. The Morgan fingerprint density at radius 2 is 1.94 bits per heavy atom. The fourth-order valence-corrected chi connectivity index (χ4v) is 1.61. The zero-order valence-corrected chi connectivity index (χ0v) is 10.2. The minimum Gasteiger partial charge on any atom is -0.465 e. The average Bonchev–Trinajstić information content (AvgIpc) is 2.28. The Morgan fingerprint density at radius 1 is 1.39 bits per heavy atom. The number of esters is 1. The Bertz CT molecular complexity index is 476. The second-order valence-corrected chi connectivity index (χ2v) is 4.05. The topological polar surface area (TPSA) is 50.1 Å². The molecular formula is C13H13F2NO2. The molecule has 0 bridgehead atoms. The Labute approximate surface area is 104 Å². The van der Waals surface area contributed by atoms with Crippen LogP contribution in [0.1, 0.15) is 25.8 Å². The molecule has 1 rings (SSSR count). The van der Waals surface area contributed by atoms with E-state index in [2.05, 4.69) is 0 Å². The normalized spacial score (nSPS) is 13.5. The lowest BCUT2D eigenvalue weighted by Crippen LogP contribution is -2.34. The number of hydrogen-bond acceptors (Lipinski definition) is 3. The summed E-state index contributed by atoms with van der Waals surface area (Å²) in [6, 6.07) is 4.63. The van der Waals surface area contributed by atoms with Crippen molar-refractivity contribution in [3.63, 3.8) is 0 Å². The molecule has 0 aliphatic carbocycles. The summed E-state index contributed by atoms with van der Waals surface area (Å²) < 4.78 is 31.2. The van der Waals surface area contributed by atoms with Gasteiger partial charge in [0.1, 0.15) is 17.0 Å². The Hall–Kier alpha value is -1.96. The van der Waals surface area contributed by atoms with Gasteiger partial charge in [0.15, 0.2) is 0 Å². The molecule has 0 spiro atoms. The lowest BCUT2D eigenvalue weighted by molar-refractivity contribution is -0.149. The second kappa shape index (κ2) is 5.58. The Kier molecular flexibility index (Phi) is 4.38. The van der Waals surface area contributed by atoms with Crippen molar-refractivity contribution in [2.24, 2.45) is 0 Å². The number of hydrogen-bond donors (Lipinski definition) is 0. The molecule has 0 fully saturated rings. The van der Waals surface area contributed by atoms with Crippen molar-refractivity contribution in [2.45, 2.75) is 25.7 Å². The minimum absolute atomic E-state index is 0.0972. The molecule has 0 N–H and O–H groups in total. The van der Waals surface area contributed by atoms with Crippen LogP contribution in [0.3, 0.4) is 0 Å². The molecule has 0 heterocycles. The third-order valence-electron chi connectivity index (χ3n) is 2.66. The van der Waals surface area contributed by atoms with Gasteiger partial charge in [0.25, 0.3) is 0 Å². The number of nitriles is 1. The number of carbonyl (C=O) groups is 1. The fraction of sp³-hybridized carbons (Fsp3) is 0.385. The van der Waals surface area contributed by atoms with Crippen LogP contribution in [0.15, 0.2) is 18.2 Å². The standard InChI is InChI=1S/C13H13F2NO2/c1-3-18-12(17)13(2,4-5-16)9-6-10(14)8-11(15)7-9/h6-8H,3-4H2,1-2H3. The highest BCUT2D eigenvalue weighted by Gasteiger charge is 2.37. The first kappa shape index (κ1) is 14.1. The molecule has 5 heteroatoms. The summed E-state index contributed by atoms with van der Waals surface area (Å²) >= 11 is 0. The van der Waals surface area contributed by atoms with Crippen molar-refractivity contribution < 1.29 is 18.3 Å². The van der Waals surface area contributed by atoms with Crippen LogP contribution in [0.2, 0.25) is 0 Å². The van der Waals surface area contributed by atoms with Gasteiger partial charge in [-0.1, -0.05) is 0 Å². The second-order valence-electron chi connectivity index (χ2n) is 4.05. The van der Waals surface area contributed by atoms with Gasteiger partial charge >= 0.3 is 5.97 Å². The van der Waals surface area contributed by atoms with E-state index < -0.39 is 23.0 Å². The third kappa shape index (κ3) is 2.83. The summed E-state index contributed by atoms with van der Waals surface area (Å²) in [5, 5.41) is 8.77. The van der Waals surface area contributed by atoms with Crippen LogP contribution in [0.4, 0.5) is 8.78 Å². The maximum atomic E-state index is 13.2. The van der Waals surface area contributed by atoms with Gasteiger partial charge in [-0.05, 0) is 31.5 Å². The molecule has 3 nitrogen and oxygen atoms in total. The molecule has 0 saturated heterocycles. The van der Waals surface area contributed by atoms with Gasteiger partial charge in [-0.2, -0.15) is 5.26 Å². The summed E-state index contributed by atoms with van der Waals surface area (Å²) in [5.74, 6) is -2.26. The third-order valence-corrected chi connectivity index (χ3v) is 2.66. The summed E-state index contributed by atoms with van der Waals surface area (Å²) in [4.78, 5) is 11.9. The number of rotatable bonds is 4. The lowest BCUT2D eigenvalue weighted by atomic mass is 9.80. The van der Waals surface area contributed by atoms with Gasteiger partial charge in [0.05, 0.1) is 19.1 Å². The fourth-order valence-electron chi connectivity index (χ4n) is 1.61. The van der Waals surface area contributed by atoms with Gasteiger partial charge < -0.3 is 4.74 Å². The van der Waals surface area contributed by atoms with Gasteiger partial charge in [0, 0.05) is 6.07 Å². The molecule has 96 valence electrons. The average molecular weight is 253 g/mol. The number of halogens is 2. The molecule has 0 saturated carbocycles. The van der Waals surface area contributed by atoms with Crippen molar-refractivity contribution in [1.29, 1.82) is 5.26 Å². The number of nitrogens with zero attached hydrogens (tertiary/aromatic N) is 1. The minimum atomic E-state index is -1.37. The van der Waals surface area contributed by atoms with Crippen molar-refractivity contribution in [2.75, 3.05) is 6.61 Å². The highest BCUT2D eigenvalue weighted by atomic mass is 19.1. The highest BCUT2D eigenvalue weighted by Crippen LogP contribution is 2.30. The van der Waals surface area contributed by atoms with Crippen LogP contribution in [0.5, 0.6) is 0 Å². The molecule has 0 aliphatic rings. The van der Waals surface area contributed by atoms with E-state index >= 15 is 0 Å². The largest absolute Gasteiger partial charge is 0.465 e. The zero-order chi connectivity index (χ0) is 13.8. The predicted molar refractivity (Wildman–Crippen MR) is 60.6 cm³/mol. The first-order chi connectivity index (χ1) is 8.43. The van der Waals surface area contributed by atoms with E-state index in [0.29, 0.717) is 6.07 Å². The number of benzene rings is 1. The number of ether oxygens (including phenoxy) is 1. The molecule has 1 aromatic rings. The lowest BCUT2D eigenvalue weighted by Gasteiger charge is -2.25. The van der Waals surface area contributed by atoms with Crippen LogP contribution in [0.25, 0.3) is 0 Å². The molecule has 1 atom stereocenters. The van der Waals surface area contributed by atoms with Crippen molar-refractivity contribution >= 4 is 5.97 Å². The molecule has 0 amide bonds. The molecule has 0 aromatic heterocycles. The summed E-state index contributed by atoms with van der Waals surface area (Å²) in [6.45, 7) is 3.19. The van der Waals surface area contributed by atoms with E-state index in [1.54, 1.807) is 6.92 Å². The molecule has 1 unspecified atom stereocenters. The van der Waals surface area contributed by atoms with Crippen LogP contribution >= 0.6 is 0 Å². The van der Waals surface area contributed by atoms with Crippen molar-refractivity contribution in [3.05, 3.63) is 35.4 Å². The predicted octanol–water partition coefficient (Wildman–Crippen LogP) is 2.70. The van der Waals surface area contributed by atoms with E-state index in [1.807, 2.05) is 6.07 Å². The molecular weight excluding hydrogens is 240 g/mol. The molecule has 0 radical (unpaired) electrons. The SMILES string of the molecule is CCOC(=O)C(C)(CC#N)c1cc(F)cc(F)c1. The van der Waals surface area contributed by atoms with E-state index in [-0.39, 0.29) is 18.6 Å². The van der Waals surface area contributed by atoms with E-state index in [1.165, 1.54) is 6.92 Å². The Balaban J connectivity index is 3.26.